The Morgan fingerprint density at radius 2 is 2.09 bits per heavy atom. The summed E-state index contributed by atoms with van der Waals surface area (Å²) in [5.41, 5.74) is 7.40. The normalized spacial score (nSPS) is 24.3. The van der Waals surface area contributed by atoms with Crippen LogP contribution in [-0.2, 0) is 4.79 Å². The molecule has 1 fully saturated rings. The molecule has 0 spiro atoms. The fourth-order valence-corrected chi connectivity index (χ4v) is 3.68. The molecule has 1 saturated carbocycles. The second kappa shape index (κ2) is 8.60. The van der Waals surface area contributed by atoms with E-state index in [1.165, 1.54) is 11.3 Å². The molecule has 0 bridgehead atoms. The molecule has 1 aromatic rings. The second-order valence-electron chi connectivity index (χ2n) is 6.62. The van der Waals surface area contributed by atoms with Gasteiger partial charge in [0.15, 0.2) is 0 Å². The van der Waals surface area contributed by atoms with Crippen LogP contribution in [0.5, 0.6) is 0 Å². The van der Waals surface area contributed by atoms with Gasteiger partial charge >= 0.3 is 0 Å². The summed E-state index contributed by atoms with van der Waals surface area (Å²) in [5, 5.41) is 6.45. The van der Waals surface area contributed by atoms with Crippen LogP contribution >= 0.6 is 11.8 Å². The van der Waals surface area contributed by atoms with E-state index >= 15 is 0 Å². The number of carbonyl (C=O) groups is 1. The Balaban J connectivity index is 2.12. The van der Waals surface area contributed by atoms with Crippen LogP contribution in [0.25, 0.3) is 0 Å². The minimum absolute atomic E-state index is 0.112. The van der Waals surface area contributed by atoms with Gasteiger partial charge in [0, 0.05) is 23.9 Å². The minimum Gasteiger partial charge on any atom is -0.382 e. The fourth-order valence-electron chi connectivity index (χ4n) is 3.24. The van der Waals surface area contributed by atoms with E-state index in [9.17, 15) is 4.79 Å². The monoisotopic (exact) mass is 335 g/mol. The van der Waals surface area contributed by atoms with Gasteiger partial charge in [-0.05, 0) is 49.1 Å². The first kappa shape index (κ1) is 18.1. The van der Waals surface area contributed by atoms with Crippen LogP contribution in [0.2, 0.25) is 0 Å². The molecule has 0 saturated heterocycles. The summed E-state index contributed by atoms with van der Waals surface area (Å²) in [6.45, 7) is 5.69. The molecule has 0 unspecified atom stereocenters. The van der Waals surface area contributed by atoms with Crippen LogP contribution in [-0.4, -0.2) is 25.3 Å². The molecule has 2 rings (SSSR count). The van der Waals surface area contributed by atoms with Crippen LogP contribution in [0.3, 0.4) is 0 Å². The lowest BCUT2D eigenvalue weighted by atomic mass is 9.75. The smallest absolute Gasteiger partial charge is 0.227 e. The Kier molecular flexibility index (Phi) is 6.78. The number of hydrogen-bond acceptors (Lipinski definition) is 4. The van der Waals surface area contributed by atoms with E-state index in [0.717, 1.165) is 24.2 Å². The Bertz CT molecular complexity index is 535. The number of carbonyl (C=O) groups excluding carboxylic acids is 1. The van der Waals surface area contributed by atoms with Crippen LogP contribution in [0.1, 0.15) is 33.1 Å². The van der Waals surface area contributed by atoms with Crippen molar-refractivity contribution in [2.24, 2.45) is 23.5 Å². The van der Waals surface area contributed by atoms with Gasteiger partial charge in [0.2, 0.25) is 5.91 Å². The number of nitrogens with two attached hydrogens (primary N) is 1. The van der Waals surface area contributed by atoms with Gasteiger partial charge in [-0.15, -0.1) is 11.8 Å². The lowest BCUT2D eigenvalue weighted by Crippen LogP contribution is -2.33. The summed E-state index contributed by atoms with van der Waals surface area (Å²) in [4.78, 5) is 13.9. The van der Waals surface area contributed by atoms with Crippen molar-refractivity contribution in [3.8, 4) is 0 Å². The first-order valence-corrected chi connectivity index (χ1v) is 9.70. The summed E-state index contributed by atoms with van der Waals surface area (Å²) in [6.07, 6.45) is 5.41. The van der Waals surface area contributed by atoms with E-state index in [-0.39, 0.29) is 11.8 Å². The number of rotatable bonds is 6. The number of amides is 1. The van der Waals surface area contributed by atoms with Crippen molar-refractivity contribution in [1.82, 2.24) is 0 Å². The largest absolute Gasteiger partial charge is 0.382 e. The maximum Gasteiger partial charge on any atom is 0.227 e. The molecule has 0 aromatic heterocycles. The summed E-state index contributed by atoms with van der Waals surface area (Å²) in [6, 6.07) is 6.10. The highest BCUT2D eigenvalue weighted by Crippen LogP contribution is 2.35. The van der Waals surface area contributed by atoms with Gasteiger partial charge in [-0.25, -0.2) is 0 Å². The Morgan fingerprint density at radius 1 is 1.30 bits per heavy atom. The summed E-state index contributed by atoms with van der Waals surface area (Å²) in [7, 11) is 0. The van der Waals surface area contributed by atoms with E-state index in [4.69, 9.17) is 5.73 Å². The van der Waals surface area contributed by atoms with Crippen LogP contribution in [0, 0.1) is 17.8 Å². The molecule has 1 aliphatic rings. The Labute approximate surface area is 144 Å². The van der Waals surface area contributed by atoms with E-state index in [0.29, 0.717) is 24.9 Å². The minimum atomic E-state index is 0.112. The molecule has 4 N–H and O–H groups in total. The molecule has 1 amide bonds. The van der Waals surface area contributed by atoms with Gasteiger partial charge in [-0.2, -0.15) is 0 Å². The first-order valence-electron chi connectivity index (χ1n) is 8.48. The van der Waals surface area contributed by atoms with E-state index in [2.05, 4.69) is 30.5 Å². The number of thioether (sulfide) groups is 1. The van der Waals surface area contributed by atoms with Crippen LogP contribution in [0.4, 0.5) is 11.4 Å². The summed E-state index contributed by atoms with van der Waals surface area (Å²) >= 11 is 1.69. The van der Waals surface area contributed by atoms with Gasteiger partial charge in [0.05, 0.1) is 11.4 Å². The molecule has 0 radical (unpaired) electrons. The third-order valence-electron chi connectivity index (χ3n) is 4.74. The maximum absolute atomic E-state index is 12.7. The number of anilines is 2. The molecule has 1 aliphatic carbocycles. The molecule has 0 aliphatic heterocycles. The first-order chi connectivity index (χ1) is 11.0. The molecule has 23 heavy (non-hydrogen) atoms. The predicted octanol–water partition coefficient (Wildman–Crippen LogP) is 3.79. The third-order valence-corrected chi connectivity index (χ3v) is 5.46. The zero-order valence-corrected chi connectivity index (χ0v) is 15.2. The highest BCUT2D eigenvalue weighted by Gasteiger charge is 2.31. The SMILES string of the molecule is CSc1ccc(NC(=O)[C@@H]2C[C@H](C)CC[C@H]2C)c(NCCN)c1. The van der Waals surface area contributed by atoms with Crippen molar-refractivity contribution < 1.29 is 4.79 Å². The van der Waals surface area contributed by atoms with E-state index in [1.807, 2.05) is 18.4 Å². The highest BCUT2D eigenvalue weighted by molar-refractivity contribution is 7.98. The Hall–Kier alpha value is -1.20. The van der Waals surface area contributed by atoms with Crippen molar-refractivity contribution in [2.45, 2.75) is 38.0 Å². The standard InChI is InChI=1S/C18H29N3OS/c1-12-4-5-13(2)15(10-12)18(22)21-16-7-6-14(23-3)11-17(16)20-9-8-19/h6-7,11-13,15,20H,4-5,8-10,19H2,1-3H3,(H,21,22)/t12-,13-,15-/m1/s1. The zero-order valence-electron chi connectivity index (χ0n) is 14.4. The number of hydrogen-bond donors (Lipinski definition) is 3. The van der Waals surface area contributed by atoms with Gasteiger partial charge in [0.1, 0.15) is 0 Å². The number of nitrogens with one attached hydrogen (secondary N) is 2. The summed E-state index contributed by atoms with van der Waals surface area (Å²) < 4.78 is 0. The van der Waals surface area contributed by atoms with Gasteiger partial charge < -0.3 is 16.4 Å². The van der Waals surface area contributed by atoms with Gasteiger partial charge in [-0.3, -0.25) is 4.79 Å². The van der Waals surface area contributed by atoms with E-state index < -0.39 is 0 Å². The Morgan fingerprint density at radius 3 is 2.78 bits per heavy atom. The molecule has 1 aromatic carbocycles. The predicted molar refractivity (Wildman–Crippen MR) is 100 cm³/mol. The van der Waals surface area contributed by atoms with Crippen molar-refractivity contribution >= 4 is 29.0 Å². The molecular weight excluding hydrogens is 306 g/mol. The third kappa shape index (κ3) is 4.88. The molecule has 3 atom stereocenters. The quantitative estimate of drug-likeness (QED) is 0.692. The van der Waals surface area contributed by atoms with Crippen LogP contribution in [0.15, 0.2) is 23.1 Å². The molecule has 128 valence electrons. The average Bonchev–Trinajstić information content (AvgIpc) is 2.56. The van der Waals surface area contributed by atoms with Crippen molar-refractivity contribution in [3.63, 3.8) is 0 Å². The molecular formula is C18H29N3OS. The van der Waals surface area contributed by atoms with Crippen molar-refractivity contribution in [2.75, 3.05) is 30.0 Å². The molecule has 0 heterocycles. The van der Waals surface area contributed by atoms with E-state index in [1.54, 1.807) is 11.8 Å². The summed E-state index contributed by atoms with van der Waals surface area (Å²) in [5.74, 6) is 1.35. The lowest BCUT2D eigenvalue weighted by molar-refractivity contribution is -0.122. The lowest BCUT2D eigenvalue weighted by Gasteiger charge is -2.31. The van der Waals surface area contributed by atoms with Gasteiger partial charge in [-0.1, -0.05) is 20.3 Å². The zero-order chi connectivity index (χ0) is 16.8. The van der Waals surface area contributed by atoms with Crippen molar-refractivity contribution in [1.29, 1.82) is 0 Å². The topological polar surface area (TPSA) is 67.2 Å². The fraction of sp³-hybridized carbons (Fsp3) is 0.611. The molecule has 5 heteroatoms. The second-order valence-corrected chi connectivity index (χ2v) is 7.50. The van der Waals surface area contributed by atoms with Crippen LogP contribution < -0.4 is 16.4 Å². The highest BCUT2D eigenvalue weighted by atomic mass is 32.2. The van der Waals surface area contributed by atoms with Crippen molar-refractivity contribution in [3.05, 3.63) is 18.2 Å². The average molecular weight is 336 g/mol. The number of benzene rings is 1. The maximum atomic E-state index is 12.7. The van der Waals surface area contributed by atoms with Gasteiger partial charge in [0.25, 0.3) is 0 Å². The molecule has 4 nitrogen and oxygen atoms in total.